The van der Waals surface area contributed by atoms with Crippen molar-refractivity contribution in [2.24, 2.45) is 0 Å². The second-order valence-corrected chi connectivity index (χ2v) is 4.91. The first-order valence-electron chi connectivity index (χ1n) is 4.70. The van der Waals surface area contributed by atoms with Crippen molar-refractivity contribution >= 4 is 40.2 Å². The van der Waals surface area contributed by atoms with E-state index in [-0.39, 0.29) is 0 Å². The van der Waals surface area contributed by atoms with Crippen LogP contribution in [0.5, 0.6) is 0 Å². The maximum Gasteiger partial charge on any atom is 0.174 e. The highest BCUT2D eigenvalue weighted by Crippen LogP contribution is 2.20. The van der Waals surface area contributed by atoms with Crippen LogP contribution >= 0.6 is 34.5 Å². The van der Waals surface area contributed by atoms with Gasteiger partial charge in [0.1, 0.15) is 0 Å². The van der Waals surface area contributed by atoms with Gasteiger partial charge in [-0.2, -0.15) is 0 Å². The summed E-state index contributed by atoms with van der Waals surface area (Å²) >= 11 is 13.3. The van der Waals surface area contributed by atoms with Crippen LogP contribution in [0.3, 0.4) is 0 Å². The lowest BCUT2D eigenvalue weighted by atomic mass is 10.3. The summed E-state index contributed by atoms with van der Waals surface area (Å²) in [6.07, 6.45) is 0.952. The van der Waals surface area contributed by atoms with Gasteiger partial charge in [-0.25, -0.2) is 0 Å². The van der Waals surface area contributed by atoms with Crippen LogP contribution in [-0.2, 0) is 6.42 Å². The molecule has 1 N–H and O–H groups in total. The molecule has 0 aliphatic heterocycles. The van der Waals surface area contributed by atoms with E-state index in [1.807, 2.05) is 6.07 Å². The third-order valence-electron chi connectivity index (χ3n) is 1.99. The summed E-state index contributed by atoms with van der Waals surface area (Å²) in [6.45, 7) is 0.794. The Morgan fingerprint density at radius 1 is 1.31 bits per heavy atom. The van der Waals surface area contributed by atoms with E-state index in [0.29, 0.717) is 10.3 Å². The average molecular weight is 274 g/mol. The van der Waals surface area contributed by atoms with E-state index in [9.17, 15) is 0 Å². The fourth-order valence-electron chi connectivity index (χ4n) is 1.25. The van der Waals surface area contributed by atoms with Crippen LogP contribution in [0.1, 0.15) is 4.88 Å². The standard InChI is InChI=1S/C10H9Cl2N3S/c11-9-6-8(10(12)15-14-9)13-4-3-7-2-1-5-16-7/h1-2,5-6H,3-4H2,(H,13,14). The lowest BCUT2D eigenvalue weighted by Gasteiger charge is -2.06. The van der Waals surface area contributed by atoms with Crippen LogP contribution in [0.4, 0.5) is 5.69 Å². The highest BCUT2D eigenvalue weighted by Gasteiger charge is 2.03. The summed E-state index contributed by atoms with van der Waals surface area (Å²) in [5.74, 6) is 0. The van der Waals surface area contributed by atoms with Gasteiger partial charge in [-0.3, -0.25) is 0 Å². The molecule has 3 nitrogen and oxygen atoms in total. The van der Waals surface area contributed by atoms with Crippen molar-refractivity contribution in [1.82, 2.24) is 10.2 Å². The largest absolute Gasteiger partial charge is 0.382 e. The average Bonchev–Trinajstić information content (AvgIpc) is 2.76. The predicted octanol–water partition coefficient (Wildman–Crippen LogP) is 3.50. The van der Waals surface area contributed by atoms with Crippen molar-refractivity contribution < 1.29 is 0 Å². The topological polar surface area (TPSA) is 37.8 Å². The molecule has 0 aliphatic carbocycles. The highest BCUT2D eigenvalue weighted by molar-refractivity contribution is 7.09. The van der Waals surface area contributed by atoms with Crippen molar-refractivity contribution in [3.63, 3.8) is 0 Å². The van der Waals surface area contributed by atoms with Crippen molar-refractivity contribution in [1.29, 1.82) is 0 Å². The second kappa shape index (κ2) is 5.48. The Labute approximate surface area is 107 Å². The van der Waals surface area contributed by atoms with Gasteiger partial charge < -0.3 is 5.32 Å². The van der Waals surface area contributed by atoms with E-state index >= 15 is 0 Å². The molecule has 0 unspecified atom stereocenters. The third-order valence-corrected chi connectivity index (χ3v) is 3.39. The minimum Gasteiger partial charge on any atom is -0.382 e. The maximum absolute atomic E-state index is 5.86. The van der Waals surface area contributed by atoms with Crippen LogP contribution < -0.4 is 5.32 Å². The van der Waals surface area contributed by atoms with Gasteiger partial charge in [0, 0.05) is 17.5 Å². The van der Waals surface area contributed by atoms with Crippen LogP contribution in [0.2, 0.25) is 10.3 Å². The molecule has 0 aromatic carbocycles. The summed E-state index contributed by atoms with van der Waals surface area (Å²) in [6, 6.07) is 5.81. The Morgan fingerprint density at radius 3 is 2.94 bits per heavy atom. The molecule has 0 amide bonds. The SMILES string of the molecule is Clc1cc(NCCc2cccs2)c(Cl)nn1. The van der Waals surface area contributed by atoms with Crippen molar-refractivity contribution in [2.75, 3.05) is 11.9 Å². The number of nitrogens with one attached hydrogen (secondary N) is 1. The Bertz CT molecular complexity index is 459. The molecule has 16 heavy (non-hydrogen) atoms. The second-order valence-electron chi connectivity index (χ2n) is 3.13. The zero-order valence-corrected chi connectivity index (χ0v) is 10.6. The van der Waals surface area contributed by atoms with E-state index < -0.39 is 0 Å². The predicted molar refractivity (Wildman–Crippen MR) is 68.6 cm³/mol. The molecular formula is C10H9Cl2N3S. The van der Waals surface area contributed by atoms with Crippen LogP contribution in [0.15, 0.2) is 23.6 Å². The van der Waals surface area contributed by atoms with Gasteiger partial charge in [0.2, 0.25) is 0 Å². The summed E-state index contributed by atoms with van der Waals surface area (Å²) in [5, 5.41) is 13.3. The number of hydrogen-bond donors (Lipinski definition) is 1. The van der Waals surface area contributed by atoms with Gasteiger partial charge in [0.05, 0.1) is 5.69 Å². The van der Waals surface area contributed by atoms with Crippen LogP contribution in [0.25, 0.3) is 0 Å². The van der Waals surface area contributed by atoms with Gasteiger partial charge in [-0.05, 0) is 17.9 Å². The lowest BCUT2D eigenvalue weighted by molar-refractivity contribution is 1.00. The van der Waals surface area contributed by atoms with Crippen molar-refractivity contribution in [3.8, 4) is 0 Å². The van der Waals surface area contributed by atoms with E-state index in [2.05, 4.69) is 27.0 Å². The van der Waals surface area contributed by atoms with Crippen LogP contribution in [-0.4, -0.2) is 16.7 Å². The first-order chi connectivity index (χ1) is 7.75. The number of nitrogens with zero attached hydrogens (tertiary/aromatic N) is 2. The number of halogens is 2. The molecule has 0 fully saturated rings. The monoisotopic (exact) mass is 273 g/mol. The first-order valence-corrected chi connectivity index (χ1v) is 6.34. The Kier molecular flexibility index (Phi) is 3.98. The highest BCUT2D eigenvalue weighted by atomic mass is 35.5. The van der Waals surface area contributed by atoms with Gasteiger partial charge in [-0.15, -0.1) is 21.5 Å². The smallest absolute Gasteiger partial charge is 0.174 e. The molecule has 0 radical (unpaired) electrons. The summed E-state index contributed by atoms with van der Waals surface area (Å²) < 4.78 is 0. The van der Waals surface area contributed by atoms with Gasteiger partial charge in [-0.1, -0.05) is 29.3 Å². The van der Waals surface area contributed by atoms with E-state index in [4.69, 9.17) is 23.2 Å². The van der Waals surface area contributed by atoms with Crippen LogP contribution in [0, 0.1) is 0 Å². The van der Waals surface area contributed by atoms with E-state index in [1.54, 1.807) is 17.4 Å². The minimum absolute atomic E-state index is 0.336. The quantitative estimate of drug-likeness (QED) is 0.927. The van der Waals surface area contributed by atoms with Crippen molar-refractivity contribution in [3.05, 3.63) is 38.8 Å². The lowest BCUT2D eigenvalue weighted by Crippen LogP contribution is -2.05. The number of anilines is 1. The number of thiophene rings is 1. The molecule has 2 heterocycles. The number of hydrogen-bond acceptors (Lipinski definition) is 4. The molecule has 0 spiro atoms. The first kappa shape index (κ1) is 11.6. The van der Waals surface area contributed by atoms with Crippen molar-refractivity contribution in [2.45, 2.75) is 6.42 Å². The van der Waals surface area contributed by atoms with E-state index in [1.165, 1.54) is 4.88 Å². The fraction of sp³-hybridized carbons (Fsp3) is 0.200. The Balaban J connectivity index is 1.92. The molecule has 0 bridgehead atoms. The molecule has 6 heteroatoms. The molecule has 2 aromatic rings. The minimum atomic E-state index is 0.336. The Hall–Kier alpha value is -0.840. The molecule has 0 aliphatic rings. The molecular weight excluding hydrogens is 265 g/mol. The maximum atomic E-state index is 5.86. The summed E-state index contributed by atoms with van der Waals surface area (Å²) in [4.78, 5) is 1.33. The van der Waals surface area contributed by atoms with Gasteiger partial charge in [0.25, 0.3) is 0 Å². The summed E-state index contributed by atoms with van der Waals surface area (Å²) in [7, 11) is 0. The molecule has 0 saturated heterocycles. The zero-order chi connectivity index (χ0) is 11.4. The molecule has 0 atom stereocenters. The molecule has 84 valence electrons. The van der Waals surface area contributed by atoms with Gasteiger partial charge in [0.15, 0.2) is 10.3 Å². The fourth-order valence-corrected chi connectivity index (χ4v) is 2.27. The molecule has 2 aromatic heterocycles. The van der Waals surface area contributed by atoms with E-state index in [0.717, 1.165) is 18.7 Å². The molecule has 0 saturated carbocycles. The zero-order valence-electron chi connectivity index (χ0n) is 8.28. The van der Waals surface area contributed by atoms with Gasteiger partial charge >= 0.3 is 0 Å². The molecule has 2 rings (SSSR count). The Morgan fingerprint density at radius 2 is 2.19 bits per heavy atom. The number of rotatable bonds is 4. The summed E-state index contributed by atoms with van der Waals surface area (Å²) in [5.41, 5.74) is 0.721. The normalized spacial score (nSPS) is 10.4. The third kappa shape index (κ3) is 3.07. The number of aromatic nitrogens is 2.